The summed E-state index contributed by atoms with van der Waals surface area (Å²) in [5.41, 5.74) is 0.156. The Balaban J connectivity index is 1.68. The van der Waals surface area contributed by atoms with Crippen molar-refractivity contribution in [3.8, 4) is 0 Å². The predicted molar refractivity (Wildman–Crippen MR) is 80.3 cm³/mol. The number of aromatic carboxylic acids is 1. The van der Waals surface area contributed by atoms with Gasteiger partial charge >= 0.3 is 5.97 Å². The third-order valence-electron chi connectivity index (χ3n) is 3.37. The van der Waals surface area contributed by atoms with Crippen LogP contribution < -0.4 is 9.80 Å². The van der Waals surface area contributed by atoms with Gasteiger partial charge in [0.1, 0.15) is 0 Å². The summed E-state index contributed by atoms with van der Waals surface area (Å²) in [4.78, 5) is 28.8. The van der Waals surface area contributed by atoms with E-state index in [1.807, 2.05) is 0 Å². The Hall–Kier alpha value is -2.22. The molecule has 0 radical (unpaired) electrons. The minimum absolute atomic E-state index is 0.156. The molecule has 0 aromatic carbocycles. The SMILES string of the molecule is Cc1sc(N2CCN(c3ncccn3)CC2)nc1C(=O)O. The Kier molecular flexibility index (Phi) is 3.70. The highest BCUT2D eigenvalue weighted by molar-refractivity contribution is 7.15. The summed E-state index contributed by atoms with van der Waals surface area (Å²) in [6, 6.07) is 1.80. The topological polar surface area (TPSA) is 82.5 Å². The van der Waals surface area contributed by atoms with Crippen molar-refractivity contribution in [2.75, 3.05) is 36.0 Å². The number of carbonyl (C=O) groups is 1. The maximum absolute atomic E-state index is 11.1. The minimum atomic E-state index is -0.966. The van der Waals surface area contributed by atoms with Crippen LogP contribution in [0.5, 0.6) is 0 Å². The lowest BCUT2D eigenvalue weighted by atomic mass is 10.3. The van der Waals surface area contributed by atoms with Crippen LogP contribution in [-0.2, 0) is 0 Å². The Labute approximate surface area is 125 Å². The maximum atomic E-state index is 11.1. The van der Waals surface area contributed by atoms with Crippen molar-refractivity contribution < 1.29 is 9.90 Å². The van der Waals surface area contributed by atoms with Crippen molar-refractivity contribution >= 4 is 28.4 Å². The Morgan fingerprint density at radius 3 is 2.38 bits per heavy atom. The highest BCUT2D eigenvalue weighted by Gasteiger charge is 2.23. The third kappa shape index (κ3) is 2.80. The van der Waals surface area contributed by atoms with E-state index in [-0.39, 0.29) is 5.69 Å². The molecule has 1 saturated heterocycles. The van der Waals surface area contributed by atoms with E-state index in [1.165, 1.54) is 11.3 Å². The van der Waals surface area contributed by atoms with Crippen molar-refractivity contribution in [2.24, 2.45) is 0 Å². The normalized spacial score (nSPS) is 15.3. The second-order valence-corrected chi connectivity index (χ2v) is 5.91. The maximum Gasteiger partial charge on any atom is 0.355 e. The molecule has 0 saturated carbocycles. The molecule has 0 amide bonds. The van der Waals surface area contributed by atoms with Gasteiger partial charge in [-0.3, -0.25) is 0 Å². The van der Waals surface area contributed by atoms with E-state index < -0.39 is 5.97 Å². The van der Waals surface area contributed by atoms with Gasteiger partial charge in [0.25, 0.3) is 0 Å². The largest absolute Gasteiger partial charge is 0.476 e. The monoisotopic (exact) mass is 305 g/mol. The van der Waals surface area contributed by atoms with Gasteiger partial charge in [-0.1, -0.05) is 0 Å². The van der Waals surface area contributed by atoms with Crippen molar-refractivity contribution in [2.45, 2.75) is 6.92 Å². The van der Waals surface area contributed by atoms with Gasteiger partial charge in [-0.25, -0.2) is 19.7 Å². The molecular weight excluding hydrogens is 290 g/mol. The number of anilines is 2. The lowest BCUT2D eigenvalue weighted by Gasteiger charge is -2.34. The van der Waals surface area contributed by atoms with Crippen LogP contribution >= 0.6 is 11.3 Å². The van der Waals surface area contributed by atoms with Gasteiger partial charge in [-0.15, -0.1) is 11.3 Å². The van der Waals surface area contributed by atoms with Crippen LogP contribution in [0.2, 0.25) is 0 Å². The molecule has 1 fully saturated rings. The first kappa shape index (κ1) is 13.7. The highest BCUT2D eigenvalue weighted by Crippen LogP contribution is 2.26. The fraction of sp³-hybridized carbons (Fsp3) is 0.385. The Morgan fingerprint density at radius 2 is 1.81 bits per heavy atom. The van der Waals surface area contributed by atoms with E-state index in [9.17, 15) is 4.79 Å². The molecule has 0 bridgehead atoms. The van der Waals surface area contributed by atoms with Crippen LogP contribution in [-0.4, -0.2) is 52.2 Å². The number of carboxylic acid groups (broad SMARTS) is 1. The first-order valence-corrected chi connectivity index (χ1v) is 7.44. The van der Waals surface area contributed by atoms with Gasteiger partial charge in [0.15, 0.2) is 10.8 Å². The fourth-order valence-electron chi connectivity index (χ4n) is 2.27. The van der Waals surface area contributed by atoms with E-state index in [2.05, 4.69) is 24.8 Å². The average Bonchev–Trinajstić information content (AvgIpc) is 2.90. The van der Waals surface area contributed by atoms with Gasteiger partial charge in [-0.2, -0.15) is 0 Å². The number of aromatic nitrogens is 3. The number of hydrogen-bond donors (Lipinski definition) is 1. The van der Waals surface area contributed by atoms with Crippen molar-refractivity contribution in [1.82, 2.24) is 15.0 Å². The zero-order chi connectivity index (χ0) is 14.8. The Morgan fingerprint density at radius 1 is 1.19 bits per heavy atom. The molecule has 0 unspecified atom stereocenters. The number of thiazole rings is 1. The number of nitrogens with zero attached hydrogens (tertiary/aromatic N) is 5. The molecule has 1 aliphatic heterocycles. The quantitative estimate of drug-likeness (QED) is 0.914. The third-order valence-corrected chi connectivity index (χ3v) is 4.40. The molecule has 0 aliphatic carbocycles. The van der Waals surface area contributed by atoms with Crippen LogP contribution in [0.1, 0.15) is 15.4 Å². The molecule has 1 N–H and O–H groups in total. The van der Waals surface area contributed by atoms with Gasteiger partial charge in [-0.05, 0) is 13.0 Å². The molecule has 3 heterocycles. The summed E-state index contributed by atoms with van der Waals surface area (Å²) >= 11 is 1.43. The van der Waals surface area contributed by atoms with E-state index in [0.717, 1.165) is 42.1 Å². The van der Waals surface area contributed by atoms with Crippen molar-refractivity contribution in [1.29, 1.82) is 0 Å². The standard InChI is InChI=1S/C13H15N5O2S/c1-9-10(11(19)20)16-13(21-9)18-7-5-17(6-8-18)12-14-3-2-4-15-12/h2-4H,5-8H2,1H3,(H,19,20). The summed E-state index contributed by atoms with van der Waals surface area (Å²) in [5, 5.41) is 9.85. The molecule has 21 heavy (non-hydrogen) atoms. The van der Waals surface area contributed by atoms with E-state index in [4.69, 9.17) is 5.11 Å². The molecule has 0 atom stereocenters. The molecular formula is C13H15N5O2S. The van der Waals surface area contributed by atoms with Gasteiger partial charge < -0.3 is 14.9 Å². The second kappa shape index (κ2) is 5.65. The zero-order valence-electron chi connectivity index (χ0n) is 11.6. The lowest BCUT2D eigenvalue weighted by Crippen LogP contribution is -2.47. The van der Waals surface area contributed by atoms with Gasteiger partial charge in [0.05, 0.1) is 0 Å². The van der Waals surface area contributed by atoms with E-state index >= 15 is 0 Å². The van der Waals surface area contributed by atoms with Crippen LogP contribution in [0.25, 0.3) is 0 Å². The molecule has 0 spiro atoms. The minimum Gasteiger partial charge on any atom is -0.476 e. The second-order valence-electron chi connectivity index (χ2n) is 4.73. The number of hydrogen-bond acceptors (Lipinski definition) is 7. The molecule has 110 valence electrons. The number of rotatable bonds is 3. The molecule has 7 nitrogen and oxygen atoms in total. The summed E-state index contributed by atoms with van der Waals surface area (Å²) in [5.74, 6) is -0.231. The number of aryl methyl sites for hydroxylation is 1. The molecule has 3 rings (SSSR count). The Bertz CT molecular complexity index is 637. The van der Waals surface area contributed by atoms with Crippen LogP contribution in [0.4, 0.5) is 11.1 Å². The van der Waals surface area contributed by atoms with E-state index in [1.54, 1.807) is 25.4 Å². The lowest BCUT2D eigenvalue weighted by molar-refractivity contribution is 0.0690. The number of piperazine rings is 1. The summed E-state index contributed by atoms with van der Waals surface area (Å²) in [6.07, 6.45) is 3.47. The smallest absolute Gasteiger partial charge is 0.355 e. The van der Waals surface area contributed by atoms with Crippen molar-refractivity contribution in [3.63, 3.8) is 0 Å². The predicted octanol–water partition coefficient (Wildman–Crippen LogP) is 1.27. The molecule has 8 heteroatoms. The first-order chi connectivity index (χ1) is 10.1. The molecule has 2 aromatic rings. The van der Waals surface area contributed by atoms with Gasteiger partial charge in [0.2, 0.25) is 5.95 Å². The summed E-state index contributed by atoms with van der Waals surface area (Å²) < 4.78 is 0. The van der Waals surface area contributed by atoms with Crippen LogP contribution in [0.15, 0.2) is 18.5 Å². The van der Waals surface area contributed by atoms with E-state index in [0.29, 0.717) is 0 Å². The van der Waals surface area contributed by atoms with Gasteiger partial charge in [0, 0.05) is 43.4 Å². The summed E-state index contributed by atoms with van der Waals surface area (Å²) in [6.45, 7) is 4.95. The first-order valence-electron chi connectivity index (χ1n) is 6.63. The zero-order valence-corrected chi connectivity index (χ0v) is 12.4. The van der Waals surface area contributed by atoms with Crippen LogP contribution in [0, 0.1) is 6.92 Å². The van der Waals surface area contributed by atoms with Crippen LogP contribution in [0.3, 0.4) is 0 Å². The fourth-order valence-corrected chi connectivity index (χ4v) is 3.22. The van der Waals surface area contributed by atoms with Crippen molar-refractivity contribution in [3.05, 3.63) is 29.0 Å². The highest BCUT2D eigenvalue weighted by atomic mass is 32.1. The molecule has 1 aliphatic rings. The average molecular weight is 305 g/mol. The molecule has 2 aromatic heterocycles. The summed E-state index contributed by atoms with van der Waals surface area (Å²) in [7, 11) is 0. The number of carboxylic acids is 1.